The molecule has 0 fully saturated rings. The average Bonchev–Trinajstić information content (AvgIpc) is 2.72. The lowest BCUT2D eigenvalue weighted by Crippen LogP contribution is -2.46. The molecule has 2 rings (SSSR count). The Kier molecular flexibility index (Phi) is 8.58. The molecule has 1 atom stereocenters. The Morgan fingerprint density at radius 3 is 2.35 bits per heavy atom. The van der Waals surface area contributed by atoms with E-state index < -0.39 is 22.0 Å². The fraction of sp³-hybridized carbons (Fsp3) is 0.364. The Hall–Kier alpha value is -2.91. The van der Waals surface area contributed by atoms with Crippen molar-refractivity contribution in [1.29, 1.82) is 0 Å². The van der Waals surface area contributed by atoms with Crippen LogP contribution in [0.3, 0.4) is 0 Å². The van der Waals surface area contributed by atoms with Crippen LogP contribution in [0.5, 0.6) is 11.5 Å². The van der Waals surface area contributed by atoms with Gasteiger partial charge in [0, 0.05) is 5.56 Å². The van der Waals surface area contributed by atoms with E-state index in [-0.39, 0.29) is 10.8 Å². The molecule has 8 nitrogen and oxygen atoms in total. The zero-order valence-corrected chi connectivity index (χ0v) is 19.2. The number of rotatable bonds is 10. The largest absolute Gasteiger partial charge is 0.497 e. The lowest BCUT2D eigenvalue weighted by Gasteiger charge is -2.19. The van der Waals surface area contributed by atoms with Crippen molar-refractivity contribution in [3.63, 3.8) is 0 Å². The smallest absolute Gasteiger partial charge is 0.258 e. The summed E-state index contributed by atoms with van der Waals surface area (Å²) in [6, 6.07) is 10.6. The number of benzene rings is 2. The summed E-state index contributed by atoms with van der Waals surface area (Å²) in [5, 5.41) is 3.97. The molecule has 0 radical (unpaired) electrons. The summed E-state index contributed by atoms with van der Waals surface area (Å²) in [5.41, 5.74) is 3.96. The summed E-state index contributed by atoms with van der Waals surface area (Å²) in [5.74, 6) is 0.691. The normalized spacial score (nSPS) is 12.7. The van der Waals surface area contributed by atoms with Crippen LogP contribution in [-0.4, -0.2) is 40.8 Å². The molecule has 0 aliphatic heterocycles. The van der Waals surface area contributed by atoms with Gasteiger partial charge in [0.15, 0.2) is 0 Å². The zero-order valence-electron chi connectivity index (χ0n) is 18.4. The molecule has 2 N–H and O–H groups in total. The topological polar surface area (TPSA) is 106 Å². The van der Waals surface area contributed by atoms with Gasteiger partial charge in [0.25, 0.3) is 5.91 Å². The third-order valence-corrected chi connectivity index (χ3v) is 5.96. The molecule has 0 saturated heterocycles. The second-order valence-corrected chi connectivity index (χ2v) is 9.17. The molecule has 9 heteroatoms. The minimum Gasteiger partial charge on any atom is -0.497 e. The SMILES string of the molecule is COc1ccc(OC)c(/C=N\NC(=O)[C@H](CC(C)C)NS(=O)(=O)c2ccc(C)cc2)c1. The minimum absolute atomic E-state index is 0.0823. The first-order valence-electron chi connectivity index (χ1n) is 9.80. The molecule has 2 aromatic carbocycles. The standard InChI is InChI=1S/C22H29N3O5S/c1-15(2)12-20(25-31(27,28)19-9-6-16(3)7-10-19)22(26)24-23-14-17-13-18(29-4)8-11-21(17)30-5/h6-11,13-15,20,25H,12H2,1-5H3,(H,24,26)/b23-14-/t20-/m0/s1. The molecule has 1 amide bonds. The van der Waals surface area contributed by atoms with E-state index in [4.69, 9.17) is 9.47 Å². The maximum absolute atomic E-state index is 12.7. The maximum atomic E-state index is 12.7. The number of carbonyl (C=O) groups is 1. The van der Waals surface area contributed by atoms with Gasteiger partial charge >= 0.3 is 0 Å². The lowest BCUT2D eigenvalue weighted by molar-refractivity contribution is -0.123. The molecule has 0 heterocycles. The van der Waals surface area contributed by atoms with Gasteiger partial charge in [-0.05, 0) is 49.6 Å². The van der Waals surface area contributed by atoms with Gasteiger partial charge in [0.05, 0.1) is 25.3 Å². The molecular formula is C22H29N3O5S. The molecule has 0 spiro atoms. The van der Waals surface area contributed by atoms with E-state index in [0.29, 0.717) is 23.5 Å². The predicted molar refractivity (Wildman–Crippen MR) is 120 cm³/mol. The van der Waals surface area contributed by atoms with Crippen molar-refractivity contribution in [3.8, 4) is 11.5 Å². The van der Waals surface area contributed by atoms with Crippen LogP contribution < -0.4 is 19.6 Å². The van der Waals surface area contributed by atoms with E-state index in [9.17, 15) is 13.2 Å². The van der Waals surface area contributed by atoms with Gasteiger partial charge in [-0.25, -0.2) is 13.8 Å². The highest BCUT2D eigenvalue weighted by Crippen LogP contribution is 2.22. The number of ether oxygens (including phenoxy) is 2. The first-order chi connectivity index (χ1) is 14.7. The van der Waals surface area contributed by atoms with Gasteiger partial charge in [-0.15, -0.1) is 0 Å². The number of aryl methyl sites for hydroxylation is 1. The summed E-state index contributed by atoms with van der Waals surface area (Å²) in [6.07, 6.45) is 1.73. The van der Waals surface area contributed by atoms with E-state index >= 15 is 0 Å². The van der Waals surface area contributed by atoms with E-state index in [2.05, 4.69) is 15.2 Å². The summed E-state index contributed by atoms with van der Waals surface area (Å²) < 4.78 is 38.4. The Morgan fingerprint density at radius 2 is 1.77 bits per heavy atom. The number of carbonyl (C=O) groups excluding carboxylic acids is 1. The van der Waals surface area contributed by atoms with Crippen LogP contribution in [0.1, 0.15) is 31.4 Å². The fourth-order valence-corrected chi connectivity index (χ4v) is 4.04. The number of nitrogens with one attached hydrogen (secondary N) is 2. The molecule has 0 aliphatic rings. The lowest BCUT2D eigenvalue weighted by atomic mass is 10.0. The summed E-state index contributed by atoms with van der Waals surface area (Å²) >= 11 is 0. The van der Waals surface area contributed by atoms with E-state index in [1.54, 1.807) is 37.4 Å². The number of sulfonamides is 1. The van der Waals surface area contributed by atoms with Crippen LogP contribution in [-0.2, 0) is 14.8 Å². The number of methoxy groups -OCH3 is 2. The van der Waals surface area contributed by atoms with Crippen molar-refractivity contribution < 1.29 is 22.7 Å². The molecule has 2 aromatic rings. The molecule has 0 aromatic heterocycles. The first-order valence-corrected chi connectivity index (χ1v) is 11.3. The molecule has 168 valence electrons. The van der Waals surface area contributed by atoms with E-state index in [1.807, 2.05) is 20.8 Å². The van der Waals surface area contributed by atoms with Crippen LogP contribution in [0, 0.1) is 12.8 Å². The second kappa shape index (κ2) is 10.9. The van der Waals surface area contributed by atoms with Crippen molar-refractivity contribution in [2.24, 2.45) is 11.0 Å². The van der Waals surface area contributed by atoms with Crippen molar-refractivity contribution in [2.75, 3.05) is 14.2 Å². The molecule has 0 unspecified atom stereocenters. The molecule has 0 saturated carbocycles. The van der Waals surface area contributed by atoms with Crippen molar-refractivity contribution in [1.82, 2.24) is 10.1 Å². The second-order valence-electron chi connectivity index (χ2n) is 7.46. The number of hydrazone groups is 1. The predicted octanol–water partition coefficient (Wildman–Crippen LogP) is 2.86. The van der Waals surface area contributed by atoms with Gasteiger partial charge in [0.1, 0.15) is 17.5 Å². The average molecular weight is 448 g/mol. The Balaban J connectivity index is 2.16. The highest BCUT2D eigenvalue weighted by molar-refractivity contribution is 7.89. The third-order valence-electron chi connectivity index (χ3n) is 4.47. The number of amides is 1. The highest BCUT2D eigenvalue weighted by atomic mass is 32.2. The highest BCUT2D eigenvalue weighted by Gasteiger charge is 2.26. The summed E-state index contributed by atoms with van der Waals surface area (Å²) in [6.45, 7) is 5.68. The monoisotopic (exact) mass is 447 g/mol. The zero-order chi connectivity index (χ0) is 23.0. The van der Waals surface area contributed by atoms with Crippen LogP contribution in [0.15, 0.2) is 52.5 Å². The summed E-state index contributed by atoms with van der Waals surface area (Å²) in [4.78, 5) is 12.8. The van der Waals surface area contributed by atoms with Crippen LogP contribution in [0.4, 0.5) is 0 Å². The number of hydrogen-bond acceptors (Lipinski definition) is 6. The molecular weight excluding hydrogens is 418 g/mol. The Bertz CT molecular complexity index is 1020. The van der Waals surface area contributed by atoms with Crippen molar-refractivity contribution in [2.45, 2.75) is 38.1 Å². The van der Waals surface area contributed by atoms with Crippen molar-refractivity contribution in [3.05, 3.63) is 53.6 Å². The fourth-order valence-electron chi connectivity index (χ4n) is 2.84. The van der Waals surface area contributed by atoms with Gasteiger partial charge in [0.2, 0.25) is 10.0 Å². The maximum Gasteiger partial charge on any atom is 0.258 e. The Labute approximate surface area is 183 Å². The quantitative estimate of drug-likeness (QED) is 0.430. The van der Waals surface area contributed by atoms with Gasteiger partial charge in [-0.1, -0.05) is 31.5 Å². The number of nitrogens with zero attached hydrogens (tertiary/aromatic N) is 1. The van der Waals surface area contributed by atoms with Crippen LogP contribution in [0.25, 0.3) is 0 Å². The third kappa shape index (κ3) is 7.08. The number of hydrogen-bond donors (Lipinski definition) is 2. The van der Waals surface area contributed by atoms with E-state index in [1.165, 1.54) is 25.5 Å². The minimum atomic E-state index is -3.86. The summed E-state index contributed by atoms with van der Waals surface area (Å²) in [7, 11) is -0.796. The van der Waals surface area contributed by atoms with Crippen LogP contribution >= 0.6 is 0 Å². The molecule has 0 bridgehead atoms. The van der Waals surface area contributed by atoms with Gasteiger partial charge < -0.3 is 9.47 Å². The Morgan fingerprint density at radius 1 is 1.10 bits per heavy atom. The molecule has 0 aliphatic carbocycles. The van der Waals surface area contributed by atoms with Crippen LogP contribution in [0.2, 0.25) is 0 Å². The first kappa shape index (κ1) is 24.4. The van der Waals surface area contributed by atoms with Gasteiger partial charge in [-0.2, -0.15) is 9.82 Å². The van der Waals surface area contributed by atoms with E-state index in [0.717, 1.165) is 5.56 Å². The van der Waals surface area contributed by atoms with Crippen molar-refractivity contribution >= 4 is 22.1 Å². The molecule has 31 heavy (non-hydrogen) atoms. The van der Waals surface area contributed by atoms with Gasteiger partial charge in [-0.3, -0.25) is 4.79 Å².